The molecule has 6 rings (SSSR count). The minimum Gasteiger partial charge on any atom is -0.310 e. The first-order chi connectivity index (χ1) is 19.9. The second-order valence-electron chi connectivity index (χ2n) is 11.1. The highest BCUT2D eigenvalue weighted by atomic mass is 15.2. The molecule has 0 aliphatic heterocycles. The highest BCUT2D eigenvalue weighted by Gasteiger charge is 2.23. The molecule has 0 bridgehead atoms. The fraction of sp³-hybridized carbons (Fsp3) is 0.128. The summed E-state index contributed by atoms with van der Waals surface area (Å²) in [5, 5.41) is 2.43. The first-order valence-electron chi connectivity index (χ1n) is 14.3. The van der Waals surface area contributed by atoms with Gasteiger partial charge in [0.2, 0.25) is 0 Å². The lowest BCUT2D eigenvalue weighted by atomic mass is 9.98. The summed E-state index contributed by atoms with van der Waals surface area (Å²) >= 11 is 0. The SMILES string of the molecule is Cc1cccc(N(c2cccc(C)c2)c2cc(C)c(N(c3cccc(C)c3)c3cccc(C)c3)c3ccccc23)c1. The van der Waals surface area contributed by atoms with E-state index in [1.54, 1.807) is 0 Å². The van der Waals surface area contributed by atoms with E-state index in [-0.39, 0.29) is 0 Å². The second kappa shape index (κ2) is 11.0. The molecule has 41 heavy (non-hydrogen) atoms. The second-order valence-corrected chi connectivity index (χ2v) is 11.1. The number of hydrogen-bond donors (Lipinski definition) is 0. The normalized spacial score (nSPS) is 11.0. The predicted octanol–water partition coefficient (Wildman–Crippen LogP) is 11.3. The number of aryl methyl sites for hydroxylation is 5. The molecular formula is C39H36N2. The van der Waals surface area contributed by atoms with Gasteiger partial charge < -0.3 is 9.80 Å². The van der Waals surface area contributed by atoms with E-state index >= 15 is 0 Å². The first-order valence-corrected chi connectivity index (χ1v) is 14.3. The number of rotatable bonds is 6. The van der Waals surface area contributed by atoms with Crippen LogP contribution in [0.25, 0.3) is 10.8 Å². The van der Waals surface area contributed by atoms with Crippen molar-refractivity contribution in [2.24, 2.45) is 0 Å². The van der Waals surface area contributed by atoms with Gasteiger partial charge in [-0.3, -0.25) is 0 Å². The Morgan fingerprint density at radius 3 is 1.17 bits per heavy atom. The van der Waals surface area contributed by atoms with Crippen molar-refractivity contribution in [1.82, 2.24) is 0 Å². The summed E-state index contributed by atoms with van der Waals surface area (Å²) in [6.45, 7) is 10.9. The van der Waals surface area contributed by atoms with Crippen LogP contribution in [0, 0.1) is 34.6 Å². The fourth-order valence-electron chi connectivity index (χ4n) is 5.86. The first kappa shape index (κ1) is 26.4. The largest absolute Gasteiger partial charge is 0.310 e. The van der Waals surface area contributed by atoms with Crippen LogP contribution in [0.15, 0.2) is 127 Å². The molecule has 2 heteroatoms. The number of nitrogens with zero attached hydrogens (tertiary/aromatic N) is 2. The summed E-state index contributed by atoms with van der Waals surface area (Å²) in [7, 11) is 0. The molecule has 0 fully saturated rings. The van der Waals surface area contributed by atoms with E-state index in [0.29, 0.717) is 0 Å². The number of anilines is 6. The zero-order valence-corrected chi connectivity index (χ0v) is 24.5. The van der Waals surface area contributed by atoms with Crippen molar-refractivity contribution in [3.05, 3.63) is 155 Å². The zero-order chi connectivity index (χ0) is 28.5. The summed E-state index contributed by atoms with van der Waals surface area (Å²) in [6, 6.07) is 46.4. The minimum absolute atomic E-state index is 1.15. The van der Waals surface area contributed by atoms with Crippen molar-refractivity contribution >= 4 is 44.9 Å². The van der Waals surface area contributed by atoms with E-state index in [1.165, 1.54) is 50.0 Å². The maximum atomic E-state index is 2.42. The van der Waals surface area contributed by atoms with Gasteiger partial charge in [-0.15, -0.1) is 0 Å². The van der Waals surface area contributed by atoms with Crippen molar-refractivity contribution in [2.75, 3.05) is 9.80 Å². The van der Waals surface area contributed by atoms with Gasteiger partial charge in [-0.25, -0.2) is 0 Å². The fourth-order valence-corrected chi connectivity index (χ4v) is 5.86. The Morgan fingerprint density at radius 2 is 0.756 bits per heavy atom. The van der Waals surface area contributed by atoms with Gasteiger partial charge in [0, 0.05) is 33.5 Å². The van der Waals surface area contributed by atoms with Crippen molar-refractivity contribution in [3.8, 4) is 0 Å². The van der Waals surface area contributed by atoms with E-state index in [4.69, 9.17) is 0 Å². The highest BCUT2D eigenvalue weighted by Crippen LogP contribution is 2.47. The third-order valence-corrected chi connectivity index (χ3v) is 7.69. The van der Waals surface area contributed by atoms with Crippen molar-refractivity contribution in [2.45, 2.75) is 34.6 Å². The van der Waals surface area contributed by atoms with Gasteiger partial charge in [-0.05, 0) is 117 Å². The van der Waals surface area contributed by atoms with Gasteiger partial charge in [0.25, 0.3) is 0 Å². The molecular weight excluding hydrogens is 496 g/mol. The molecule has 0 saturated carbocycles. The molecule has 0 saturated heterocycles. The van der Waals surface area contributed by atoms with Crippen LogP contribution in [0.4, 0.5) is 34.1 Å². The third-order valence-electron chi connectivity index (χ3n) is 7.69. The quantitative estimate of drug-likeness (QED) is 0.210. The Hall–Kier alpha value is -4.82. The number of benzene rings is 6. The Kier molecular flexibility index (Phi) is 7.07. The van der Waals surface area contributed by atoms with E-state index in [1.807, 2.05) is 0 Å². The summed E-state index contributed by atoms with van der Waals surface area (Å²) < 4.78 is 0. The van der Waals surface area contributed by atoms with E-state index < -0.39 is 0 Å². The molecule has 0 radical (unpaired) electrons. The smallest absolute Gasteiger partial charge is 0.0570 e. The summed E-state index contributed by atoms with van der Waals surface area (Å²) in [5.74, 6) is 0. The molecule has 6 aromatic rings. The molecule has 0 heterocycles. The summed E-state index contributed by atoms with van der Waals surface area (Å²) in [4.78, 5) is 4.83. The maximum absolute atomic E-state index is 2.42. The molecule has 0 aromatic heterocycles. The van der Waals surface area contributed by atoms with Crippen LogP contribution < -0.4 is 9.80 Å². The molecule has 202 valence electrons. The van der Waals surface area contributed by atoms with Crippen LogP contribution in [0.1, 0.15) is 27.8 Å². The molecule has 6 aromatic carbocycles. The minimum atomic E-state index is 1.15. The average Bonchev–Trinajstić information content (AvgIpc) is 2.95. The van der Waals surface area contributed by atoms with Crippen LogP contribution in [0.2, 0.25) is 0 Å². The number of hydrogen-bond acceptors (Lipinski definition) is 2. The molecule has 0 aliphatic rings. The zero-order valence-electron chi connectivity index (χ0n) is 24.5. The molecule has 0 N–H and O–H groups in total. The van der Waals surface area contributed by atoms with Gasteiger partial charge >= 0.3 is 0 Å². The van der Waals surface area contributed by atoms with Gasteiger partial charge in [0.1, 0.15) is 0 Å². The van der Waals surface area contributed by atoms with Gasteiger partial charge in [0.15, 0.2) is 0 Å². The molecule has 0 amide bonds. The molecule has 0 unspecified atom stereocenters. The van der Waals surface area contributed by atoms with Crippen LogP contribution in [-0.4, -0.2) is 0 Å². The summed E-state index contributed by atoms with van der Waals surface area (Å²) in [5.41, 5.74) is 13.2. The lowest BCUT2D eigenvalue weighted by Crippen LogP contribution is -2.15. The van der Waals surface area contributed by atoms with Crippen molar-refractivity contribution in [1.29, 1.82) is 0 Å². The topological polar surface area (TPSA) is 6.48 Å². The Morgan fingerprint density at radius 1 is 0.366 bits per heavy atom. The summed E-state index contributed by atoms with van der Waals surface area (Å²) in [6.07, 6.45) is 0. The lowest BCUT2D eigenvalue weighted by molar-refractivity contribution is 1.23. The van der Waals surface area contributed by atoms with Crippen LogP contribution in [0.3, 0.4) is 0 Å². The third kappa shape index (κ3) is 5.21. The van der Waals surface area contributed by atoms with E-state index in [0.717, 1.165) is 22.7 Å². The lowest BCUT2D eigenvalue weighted by Gasteiger charge is -2.32. The van der Waals surface area contributed by atoms with Crippen LogP contribution >= 0.6 is 0 Å². The number of fused-ring (bicyclic) bond motifs is 1. The average molecular weight is 533 g/mol. The molecule has 0 aliphatic carbocycles. The molecule has 2 nitrogen and oxygen atoms in total. The Bertz CT molecular complexity index is 1780. The predicted molar refractivity (Wildman–Crippen MR) is 177 cm³/mol. The van der Waals surface area contributed by atoms with E-state index in [9.17, 15) is 0 Å². The Balaban J connectivity index is 1.66. The van der Waals surface area contributed by atoms with Crippen LogP contribution in [-0.2, 0) is 0 Å². The van der Waals surface area contributed by atoms with Crippen molar-refractivity contribution in [3.63, 3.8) is 0 Å². The molecule has 0 atom stereocenters. The molecule has 0 spiro atoms. The van der Waals surface area contributed by atoms with E-state index in [2.05, 4.69) is 172 Å². The monoisotopic (exact) mass is 532 g/mol. The van der Waals surface area contributed by atoms with Gasteiger partial charge in [-0.2, -0.15) is 0 Å². The van der Waals surface area contributed by atoms with Crippen LogP contribution in [0.5, 0.6) is 0 Å². The standard InChI is InChI=1S/C39H36N2/c1-27-12-8-16-32(22-27)40(33-17-9-13-28(2)23-33)38-26-31(5)39(37-21-7-6-20-36(37)38)41(34-18-10-14-29(3)24-34)35-19-11-15-30(4)25-35/h6-26H,1-5H3. The van der Waals surface area contributed by atoms with Gasteiger partial charge in [-0.1, -0.05) is 72.8 Å². The highest BCUT2D eigenvalue weighted by molar-refractivity contribution is 6.08. The Labute approximate surface area is 244 Å². The maximum Gasteiger partial charge on any atom is 0.0570 e. The van der Waals surface area contributed by atoms with Crippen molar-refractivity contribution < 1.29 is 0 Å². The van der Waals surface area contributed by atoms with Gasteiger partial charge in [0.05, 0.1) is 11.4 Å².